The van der Waals surface area contributed by atoms with Gasteiger partial charge in [-0.05, 0) is 33.6 Å². The maximum absolute atomic E-state index is 13.1. The molecule has 5 heteroatoms. The molecule has 1 heterocycles. The van der Waals surface area contributed by atoms with Gasteiger partial charge in [0.15, 0.2) is 0 Å². The second-order valence-electron chi connectivity index (χ2n) is 4.18. The van der Waals surface area contributed by atoms with Crippen LogP contribution in [0.3, 0.4) is 0 Å². The van der Waals surface area contributed by atoms with Crippen LogP contribution in [0.25, 0.3) is 0 Å². The van der Waals surface area contributed by atoms with Crippen LogP contribution in [0.1, 0.15) is 5.56 Å². The van der Waals surface area contributed by atoms with Gasteiger partial charge in [0.2, 0.25) is 0 Å². The second kappa shape index (κ2) is 5.91. The Hall–Kier alpha value is -0.490. The molecular weight excluding hydrogens is 287 g/mol. The molecule has 0 radical (unpaired) electrons. The first kappa shape index (κ1) is 13.0. The van der Waals surface area contributed by atoms with Crippen molar-refractivity contribution in [2.24, 2.45) is 5.73 Å². The highest BCUT2D eigenvalue weighted by atomic mass is 79.9. The van der Waals surface area contributed by atoms with Gasteiger partial charge in [0.25, 0.3) is 0 Å². The van der Waals surface area contributed by atoms with E-state index in [9.17, 15) is 4.39 Å². The summed E-state index contributed by atoms with van der Waals surface area (Å²) in [5.41, 5.74) is 6.79. The largest absolute Gasteiger partial charge is 0.378 e. The van der Waals surface area contributed by atoms with Crippen LogP contribution < -0.4 is 5.73 Å². The maximum atomic E-state index is 13.1. The van der Waals surface area contributed by atoms with Gasteiger partial charge in [-0.25, -0.2) is 4.39 Å². The van der Waals surface area contributed by atoms with Gasteiger partial charge in [-0.3, -0.25) is 4.90 Å². The highest BCUT2D eigenvalue weighted by Crippen LogP contribution is 2.19. The Morgan fingerprint density at radius 3 is 3.06 bits per heavy atom. The highest BCUT2D eigenvalue weighted by molar-refractivity contribution is 9.10. The fourth-order valence-corrected chi connectivity index (χ4v) is 2.41. The molecule has 0 bridgehead atoms. The molecule has 94 valence electrons. The lowest BCUT2D eigenvalue weighted by molar-refractivity contribution is -0.00794. The van der Waals surface area contributed by atoms with E-state index in [1.165, 1.54) is 6.07 Å². The molecule has 1 atom stereocenters. The molecule has 1 unspecified atom stereocenters. The van der Waals surface area contributed by atoms with E-state index in [4.69, 9.17) is 10.5 Å². The van der Waals surface area contributed by atoms with Crippen LogP contribution in [0, 0.1) is 5.82 Å². The summed E-state index contributed by atoms with van der Waals surface area (Å²) in [7, 11) is 0. The van der Waals surface area contributed by atoms with Gasteiger partial charge in [0, 0.05) is 25.7 Å². The van der Waals surface area contributed by atoms with E-state index >= 15 is 0 Å². The molecule has 1 fully saturated rings. The topological polar surface area (TPSA) is 38.5 Å². The summed E-state index contributed by atoms with van der Waals surface area (Å²) in [5, 5.41) is 0. The van der Waals surface area contributed by atoms with Crippen molar-refractivity contribution < 1.29 is 9.13 Å². The molecule has 2 N–H and O–H groups in total. The van der Waals surface area contributed by atoms with E-state index < -0.39 is 0 Å². The molecule has 2 rings (SSSR count). The molecule has 1 aromatic carbocycles. The number of morpholine rings is 1. The minimum absolute atomic E-state index is 0.230. The first-order valence-electron chi connectivity index (χ1n) is 5.66. The fraction of sp³-hybridized carbons (Fsp3) is 0.500. The molecule has 0 saturated carbocycles. The maximum Gasteiger partial charge on any atom is 0.137 e. The zero-order valence-electron chi connectivity index (χ0n) is 9.53. The van der Waals surface area contributed by atoms with Crippen LogP contribution in [0.5, 0.6) is 0 Å². The number of hydrogen-bond donors (Lipinski definition) is 1. The molecule has 0 amide bonds. The summed E-state index contributed by atoms with van der Waals surface area (Å²) in [5.74, 6) is -0.230. The zero-order chi connectivity index (χ0) is 12.3. The molecule has 0 aromatic heterocycles. The van der Waals surface area contributed by atoms with Crippen molar-refractivity contribution in [2.75, 3.05) is 26.3 Å². The monoisotopic (exact) mass is 302 g/mol. The van der Waals surface area contributed by atoms with E-state index in [0.717, 1.165) is 25.3 Å². The van der Waals surface area contributed by atoms with Crippen molar-refractivity contribution in [1.82, 2.24) is 4.90 Å². The number of nitrogens with two attached hydrogens (primary N) is 1. The minimum atomic E-state index is -0.230. The predicted octanol–water partition coefficient (Wildman–Crippen LogP) is 1.75. The van der Waals surface area contributed by atoms with Gasteiger partial charge >= 0.3 is 0 Å². The first-order valence-corrected chi connectivity index (χ1v) is 6.46. The van der Waals surface area contributed by atoms with E-state index in [1.54, 1.807) is 0 Å². The molecule has 1 aliphatic heterocycles. The van der Waals surface area contributed by atoms with Crippen LogP contribution in [0.4, 0.5) is 4.39 Å². The lowest BCUT2D eigenvalue weighted by Gasteiger charge is -2.34. The van der Waals surface area contributed by atoms with Crippen LogP contribution >= 0.6 is 15.9 Å². The molecule has 1 saturated heterocycles. The van der Waals surface area contributed by atoms with E-state index in [0.29, 0.717) is 17.6 Å². The summed E-state index contributed by atoms with van der Waals surface area (Å²) >= 11 is 3.20. The predicted molar refractivity (Wildman–Crippen MR) is 68.2 cm³/mol. The Kier molecular flexibility index (Phi) is 4.50. The van der Waals surface area contributed by atoms with E-state index in [2.05, 4.69) is 20.8 Å². The van der Waals surface area contributed by atoms with Crippen molar-refractivity contribution in [2.45, 2.75) is 12.6 Å². The van der Waals surface area contributed by atoms with Gasteiger partial charge < -0.3 is 10.5 Å². The number of nitrogens with zero attached hydrogens (tertiary/aromatic N) is 1. The third kappa shape index (κ3) is 3.25. The first-order chi connectivity index (χ1) is 8.20. The number of halogens is 2. The van der Waals surface area contributed by atoms with Crippen molar-refractivity contribution in [3.63, 3.8) is 0 Å². The van der Waals surface area contributed by atoms with Crippen molar-refractivity contribution in [3.05, 3.63) is 34.1 Å². The lowest BCUT2D eigenvalue weighted by atomic mass is 10.1. The number of benzene rings is 1. The Bertz CT molecular complexity index is 389. The summed E-state index contributed by atoms with van der Waals surface area (Å²) in [4.78, 5) is 2.28. The molecule has 17 heavy (non-hydrogen) atoms. The molecular formula is C12H16BrFN2O. The Morgan fingerprint density at radius 2 is 2.35 bits per heavy atom. The third-order valence-corrected chi connectivity index (χ3v) is 3.60. The molecule has 1 aromatic rings. The smallest absolute Gasteiger partial charge is 0.137 e. The minimum Gasteiger partial charge on any atom is -0.378 e. The van der Waals surface area contributed by atoms with Crippen molar-refractivity contribution in [3.8, 4) is 0 Å². The number of ether oxygens (including phenoxy) is 1. The Morgan fingerprint density at radius 1 is 1.53 bits per heavy atom. The summed E-state index contributed by atoms with van der Waals surface area (Å²) in [6.07, 6.45) is 0. The fourth-order valence-electron chi connectivity index (χ4n) is 1.99. The molecule has 0 spiro atoms. The van der Waals surface area contributed by atoms with Gasteiger partial charge in [0.1, 0.15) is 5.82 Å². The van der Waals surface area contributed by atoms with Gasteiger partial charge in [-0.15, -0.1) is 0 Å². The molecule has 0 aliphatic carbocycles. The van der Waals surface area contributed by atoms with Crippen molar-refractivity contribution >= 4 is 15.9 Å². The van der Waals surface area contributed by atoms with E-state index in [-0.39, 0.29) is 11.9 Å². The summed E-state index contributed by atoms with van der Waals surface area (Å²) < 4.78 is 19.0. The number of rotatable bonds is 3. The van der Waals surface area contributed by atoms with Gasteiger partial charge in [0.05, 0.1) is 17.7 Å². The van der Waals surface area contributed by atoms with Gasteiger partial charge in [-0.1, -0.05) is 6.07 Å². The highest BCUT2D eigenvalue weighted by Gasteiger charge is 2.21. The Balaban J connectivity index is 2.05. The number of hydrogen-bond acceptors (Lipinski definition) is 3. The lowest BCUT2D eigenvalue weighted by Crippen LogP contribution is -2.48. The van der Waals surface area contributed by atoms with Crippen LogP contribution in [-0.4, -0.2) is 37.2 Å². The standard InChI is InChI=1S/C12H16BrFN2O/c13-11-5-9(1-2-12(11)14)7-16-3-4-17-8-10(16)6-15/h1-2,5,10H,3-4,6-8,15H2. The van der Waals surface area contributed by atoms with Crippen LogP contribution in [0.15, 0.2) is 22.7 Å². The summed E-state index contributed by atoms with van der Waals surface area (Å²) in [6.45, 7) is 3.65. The third-order valence-electron chi connectivity index (χ3n) is 2.99. The van der Waals surface area contributed by atoms with Crippen LogP contribution in [0.2, 0.25) is 0 Å². The normalized spacial score (nSPS) is 21.7. The summed E-state index contributed by atoms with van der Waals surface area (Å²) in [6, 6.07) is 5.37. The zero-order valence-corrected chi connectivity index (χ0v) is 11.1. The second-order valence-corrected chi connectivity index (χ2v) is 5.04. The average Bonchev–Trinajstić information content (AvgIpc) is 2.34. The quantitative estimate of drug-likeness (QED) is 0.924. The van der Waals surface area contributed by atoms with Gasteiger partial charge in [-0.2, -0.15) is 0 Å². The van der Waals surface area contributed by atoms with Crippen molar-refractivity contribution in [1.29, 1.82) is 0 Å². The molecule has 3 nitrogen and oxygen atoms in total. The molecule has 1 aliphatic rings. The van der Waals surface area contributed by atoms with Crippen LogP contribution in [-0.2, 0) is 11.3 Å². The Labute approximate surface area is 109 Å². The average molecular weight is 303 g/mol. The van der Waals surface area contributed by atoms with E-state index in [1.807, 2.05) is 12.1 Å². The SMILES string of the molecule is NCC1COCCN1Cc1ccc(F)c(Br)c1.